The number of para-hydroxylation sites is 2. The van der Waals surface area contributed by atoms with Gasteiger partial charge in [0.25, 0.3) is 0 Å². The van der Waals surface area contributed by atoms with Gasteiger partial charge in [-0.2, -0.15) is 0 Å². The highest BCUT2D eigenvalue weighted by Gasteiger charge is 2.27. The normalized spacial score (nSPS) is 19.8. The summed E-state index contributed by atoms with van der Waals surface area (Å²) in [4.78, 5) is 17.8. The second kappa shape index (κ2) is 5.25. The molecule has 5 nitrogen and oxygen atoms in total. The van der Waals surface area contributed by atoms with Crippen molar-refractivity contribution < 1.29 is 9.90 Å². The summed E-state index contributed by atoms with van der Waals surface area (Å²) in [7, 11) is 2.04. The van der Waals surface area contributed by atoms with Crippen LogP contribution in [-0.4, -0.2) is 45.2 Å². The predicted molar refractivity (Wildman–Crippen MR) is 76.6 cm³/mol. The highest BCUT2D eigenvalue weighted by atomic mass is 16.4. The molecular weight excluding hydrogens is 254 g/mol. The lowest BCUT2D eigenvalue weighted by atomic mass is 10.1. The van der Waals surface area contributed by atoms with Crippen LogP contribution >= 0.6 is 0 Å². The minimum absolute atomic E-state index is 0.199. The van der Waals surface area contributed by atoms with Crippen LogP contribution in [0.25, 0.3) is 11.0 Å². The van der Waals surface area contributed by atoms with E-state index in [1.807, 2.05) is 25.2 Å². The molecule has 0 amide bonds. The average molecular weight is 273 g/mol. The van der Waals surface area contributed by atoms with Gasteiger partial charge in [-0.1, -0.05) is 12.1 Å². The first-order valence-electron chi connectivity index (χ1n) is 7.00. The SMILES string of the molecule is Cn1c(CCN2CCC(C(=O)O)C2)nc2ccccc21. The molecule has 1 atom stereocenters. The number of hydrogen-bond acceptors (Lipinski definition) is 3. The minimum Gasteiger partial charge on any atom is -0.481 e. The van der Waals surface area contributed by atoms with Gasteiger partial charge >= 0.3 is 5.97 Å². The Morgan fingerprint density at radius 3 is 2.95 bits per heavy atom. The molecule has 1 unspecified atom stereocenters. The van der Waals surface area contributed by atoms with Gasteiger partial charge < -0.3 is 14.6 Å². The summed E-state index contributed by atoms with van der Waals surface area (Å²) in [6.45, 7) is 2.42. The van der Waals surface area contributed by atoms with E-state index in [1.54, 1.807) is 0 Å². The number of fused-ring (bicyclic) bond motifs is 1. The Bertz CT molecular complexity index is 635. The second-order valence-corrected chi connectivity index (χ2v) is 5.45. The standard InChI is InChI=1S/C15H19N3O2/c1-17-13-5-3-2-4-12(13)16-14(17)7-9-18-8-6-11(10-18)15(19)20/h2-5,11H,6-10H2,1H3,(H,19,20). The highest BCUT2D eigenvalue weighted by molar-refractivity contribution is 5.75. The number of carbonyl (C=O) groups is 1. The van der Waals surface area contributed by atoms with E-state index in [1.165, 1.54) is 0 Å². The summed E-state index contributed by atoms with van der Waals surface area (Å²) in [6, 6.07) is 8.11. The Labute approximate surface area is 117 Å². The maximum atomic E-state index is 10.9. The van der Waals surface area contributed by atoms with Crippen molar-refractivity contribution in [3.63, 3.8) is 0 Å². The highest BCUT2D eigenvalue weighted by Crippen LogP contribution is 2.18. The van der Waals surface area contributed by atoms with Crippen LogP contribution in [0.4, 0.5) is 0 Å². The maximum Gasteiger partial charge on any atom is 0.307 e. The Balaban J connectivity index is 1.66. The largest absolute Gasteiger partial charge is 0.481 e. The molecule has 0 saturated carbocycles. The number of aliphatic carboxylic acids is 1. The zero-order valence-corrected chi connectivity index (χ0v) is 11.6. The molecule has 2 heterocycles. The lowest BCUT2D eigenvalue weighted by Gasteiger charge is -2.14. The molecule has 1 fully saturated rings. The number of imidazole rings is 1. The molecule has 1 aliphatic heterocycles. The van der Waals surface area contributed by atoms with Crippen molar-refractivity contribution in [2.24, 2.45) is 13.0 Å². The van der Waals surface area contributed by atoms with Crippen molar-refractivity contribution in [1.29, 1.82) is 0 Å². The van der Waals surface area contributed by atoms with E-state index in [-0.39, 0.29) is 5.92 Å². The van der Waals surface area contributed by atoms with Crippen molar-refractivity contribution in [2.75, 3.05) is 19.6 Å². The van der Waals surface area contributed by atoms with Crippen molar-refractivity contribution in [3.8, 4) is 0 Å². The molecule has 0 bridgehead atoms. The van der Waals surface area contributed by atoms with Gasteiger partial charge in [0.2, 0.25) is 0 Å². The van der Waals surface area contributed by atoms with Crippen molar-refractivity contribution in [3.05, 3.63) is 30.1 Å². The van der Waals surface area contributed by atoms with E-state index in [0.29, 0.717) is 6.54 Å². The molecule has 1 aromatic heterocycles. The van der Waals surface area contributed by atoms with Crippen LogP contribution in [-0.2, 0) is 18.3 Å². The first kappa shape index (κ1) is 13.1. The summed E-state index contributed by atoms with van der Waals surface area (Å²) in [5.74, 6) is 0.190. The molecule has 1 N–H and O–H groups in total. The van der Waals surface area contributed by atoms with Crippen LogP contribution < -0.4 is 0 Å². The Morgan fingerprint density at radius 2 is 2.25 bits per heavy atom. The number of hydrogen-bond donors (Lipinski definition) is 1. The third-order valence-corrected chi connectivity index (χ3v) is 4.15. The number of rotatable bonds is 4. The average Bonchev–Trinajstić information content (AvgIpc) is 3.03. The summed E-state index contributed by atoms with van der Waals surface area (Å²) in [5, 5.41) is 9.01. The van der Waals surface area contributed by atoms with Gasteiger partial charge in [0.1, 0.15) is 5.82 Å². The number of nitrogens with zero attached hydrogens (tertiary/aromatic N) is 3. The molecule has 1 aromatic carbocycles. The van der Waals surface area contributed by atoms with Crippen molar-refractivity contribution in [2.45, 2.75) is 12.8 Å². The fraction of sp³-hybridized carbons (Fsp3) is 0.467. The Morgan fingerprint density at radius 1 is 1.45 bits per heavy atom. The first-order chi connectivity index (χ1) is 9.65. The number of carboxylic acids is 1. The van der Waals surface area contributed by atoms with E-state index < -0.39 is 5.97 Å². The zero-order chi connectivity index (χ0) is 14.1. The van der Waals surface area contributed by atoms with Gasteiger partial charge in [0, 0.05) is 26.6 Å². The number of benzene rings is 1. The monoisotopic (exact) mass is 273 g/mol. The van der Waals surface area contributed by atoms with Crippen LogP contribution in [0.3, 0.4) is 0 Å². The molecule has 3 rings (SSSR count). The van der Waals surface area contributed by atoms with Gasteiger partial charge in [-0.15, -0.1) is 0 Å². The molecule has 0 radical (unpaired) electrons. The van der Waals surface area contributed by atoms with Crippen LogP contribution in [0.1, 0.15) is 12.2 Å². The number of carboxylic acid groups (broad SMARTS) is 1. The van der Waals surface area contributed by atoms with Crippen LogP contribution in [0.2, 0.25) is 0 Å². The molecule has 0 spiro atoms. The van der Waals surface area contributed by atoms with Crippen molar-refractivity contribution in [1.82, 2.24) is 14.5 Å². The zero-order valence-electron chi connectivity index (χ0n) is 11.6. The smallest absolute Gasteiger partial charge is 0.307 e. The van der Waals surface area contributed by atoms with Crippen LogP contribution in [0.15, 0.2) is 24.3 Å². The fourth-order valence-electron chi connectivity index (χ4n) is 2.91. The lowest BCUT2D eigenvalue weighted by Crippen LogP contribution is -2.26. The van der Waals surface area contributed by atoms with E-state index in [4.69, 9.17) is 5.11 Å². The van der Waals surface area contributed by atoms with E-state index in [0.717, 1.165) is 42.8 Å². The molecule has 20 heavy (non-hydrogen) atoms. The van der Waals surface area contributed by atoms with E-state index in [2.05, 4.69) is 20.5 Å². The van der Waals surface area contributed by atoms with E-state index >= 15 is 0 Å². The van der Waals surface area contributed by atoms with Crippen LogP contribution in [0, 0.1) is 5.92 Å². The number of aromatic nitrogens is 2. The molecule has 106 valence electrons. The minimum atomic E-state index is -0.671. The van der Waals surface area contributed by atoms with E-state index in [9.17, 15) is 4.79 Å². The molecule has 5 heteroatoms. The topological polar surface area (TPSA) is 58.4 Å². The molecule has 1 aliphatic rings. The Hall–Kier alpha value is -1.88. The number of likely N-dealkylation sites (tertiary alicyclic amines) is 1. The van der Waals surface area contributed by atoms with Crippen LogP contribution in [0.5, 0.6) is 0 Å². The fourth-order valence-corrected chi connectivity index (χ4v) is 2.91. The molecular formula is C15H19N3O2. The summed E-state index contributed by atoms with van der Waals surface area (Å²) < 4.78 is 2.13. The van der Waals surface area contributed by atoms with Gasteiger partial charge in [0.15, 0.2) is 0 Å². The van der Waals surface area contributed by atoms with Gasteiger partial charge in [-0.3, -0.25) is 4.79 Å². The summed E-state index contributed by atoms with van der Waals surface area (Å²) >= 11 is 0. The van der Waals surface area contributed by atoms with Crippen molar-refractivity contribution >= 4 is 17.0 Å². The van der Waals surface area contributed by atoms with Gasteiger partial charge in [-0.25, -0.2) is 4.98 Å². The third kappa shape index (κ3) is 2.41. The molecule has 1 saturated heterocycles. The predicted octanol–water partition coefficient (Wildman–Crippen LogP) is 1.52. The Kier molecular flexibility index (Phi) is 3.44. The van der Waals surface area contributed by atoms with Gasteiger partial charge in [0.05, 0.1) is 17.0 Å². The second-order valence-electron chi connectivity index (χ2n) is 5.45. The third-order valence-electron chi connectivity index (χ3n) is 4.15. The summed E-state index contributed by atoms with van der Waals surface area (Å²) in [5.41, 5.74) is 2.17. The van der Waals surface area contributed by atoms with Gasteiger partial charge in [-0.05, 0) is 25.1 Å². The molecule has 2 aromatic rings. The quantitative estimate of drug-likeness (QED) is 0.917. The molecule has 0 aliphatic carbocycles. The maximum absolute atomic E-state index is 10.9. The summed E-state index contributed by atoms with van der Waals surface area (Å²) in [6.07, 6.45) is 1.62. The first-order valence-corrected chi connectivity index (χ1v) is 7.00. The number of aryl methyl sites for hydroxylation is 1. The lowest BCUT2D eigenvalue weighted by molar-refractivity contribution is -0.141.